The maximum Gasteiger partial charge on any atom is 0.240 e. The van der Waals surface area contributed by atoms with E-state index >= 15 is 4.39 Å². The third-order valence-electron chi connectivity index (χ3n) is 10.6. The Bertz CT molecular complexity index is 931. The molecule has 0 radical (unpaired) electrons. The van der Waals surface area contributed by atoms with Gasteiger partial charge in [0, 0.05) is 57.9 Å². The molecule has 0 aromatic rings. The van der Waals surface area contributed by atoms with E-state index in [9.17, 15) is 14.0 Å². The molecule has 8 N–H and O–H groups in total. The first-order chi connectivity index (χ1) is 20.7. The van der Waals surface area contributed by atoms with Crippen LogP contribution in [-0.4, -0.2) is 134 Å². The zero-order chi connectivity index (χ0) is 30.7. The molecule has 0 aromatic carbocycles. The van der Waals surface area contributed by atoms with Gasteiger partial charge in [-0.25, -0.2) is 8.78 Å². The first-order valence-electron chi connectivity index (χ1n) is 16.7. The number of alkyl halides is 2. The SMILES string of the molecule is CC(C)N1CCCC1C(=O)N1CCN(C2C(F)CNCC2NC(=O)C(C(N)N)C2NCC(F)C(C3CCCCC3)N2)CC1. The quantitative estimate of drug-likeness (QED) is 0.200. The Balaban J connectivity index is 1.21. The lowest BCUT2D eigenvalue weighted by molar-refractivity contribution is -0.139. The monoisotopic (exact) mass is 611 g/mol. The van der Waals surface area contributed by atoms with Crippen molar-refractivity contribution in [3.8, 4) is 0 Å². The molecule has 0 spiro atoms. The fraction of sp³-hybridized carbons (Fsp3) is 0.933. The van der Waals surface area contributed by atoms with E-state index in [0.717, 1.165) is 45.1 Å². The molecule has 5 aliphatic rings. The van der Waals surface area contributed by atoms with Crippen LogP contribution in [-0.2, 0) is 9.59 Å². The summed E-state index contributed by atoms with van der Waals surface area (Å²) in [6.07, 6.45) is 3.41. The summed E-state index contributed by atoms with van der Waals surface area (Å²) in [4.78, 5) is 33.4. The average Bonchev–Trinajstić information content (AvgIpc) is 3.49. The van der Waals surface area contributed by atoms with Crippen LogP contribution in [0.5, 0.6) is 0 Å². The summed E-state index contributed by atoms with van der Waals surface area (Å²) in [6, 6.07) is -1.14. The second kappa shape index (κ2) is 14.7. The van der Waals surface area contributed by atoms with Gasteiger partial charge in [-0.15, -0.1) is 0 Å². The number of rotatable bonds is 8. The van der Waals surface area contributed by atoms with Crippen molar-refractivity contribution in [2.24, 2.45) is 23.3 Å². The summed E-state index contributed by atoms with van der Waals surface area (Å²) < 4.78 is 30.5. The van der Waals surface area contributed by atoms with E-state index in [2.05, 4.69) is 44.9 Å². The normalized spacial score (nSPS) is 36.3. The van der Waals surface area contributed by atoms with Crippen molar-refractivity contribution in [3.05, 3.63) is 0 Å². The number of piperazine rings is 1. The molecule has 8 unspecified atom stereocenters. The number of carbonyl (C=O) groups is 2. The Morgan fingerprint density at radius 3 is 2.28 bits per heavy atom. The summed E-state index contributed by atoms with van der Waals surface area (Å²) in [7, 11) is 0. The Hall–Kier alpha value is -1.48. The predicted molar refractivity (Wildman–Crippen MR) is 162 cm³/mol. The summed E-state index contributed by atoms with van der Waals surface area (Å²) in [5.41, 5.74) is 12.3. The summed E-state index contributed by atoms with van der Waals surface area (Å²) in [5, 5.41) is 12.7. The zero-order valence-electron chi connectivity index (χ0n) is 26.0. The second-order valence-electron chi connectivity index (χ2n) is 13.7. The van der Waals surface area contributed by atoms with E-state index < -0.39 is 42.7 Å². The van der Waals surface area contributed by atoms with Crippen molar-refractivity contribution in [2.75, 3.05) is 52.4 Å². The van der Waals surface area contributed by atoms with Crippen LogP contribution in [0, 0.1) is 11.8 Å². The van der Waals surface area contributed by atoms with Crippen molar-refractivity contribution in [1.82, 2.24) is 36.0 Å². The van der Waals surface area contributed by atoms with Crippen LogP contribution in [0.2, 0.25) is 0 Å². The lowest BCUT2D eigenvalue weighted by atomic mass is 9.80. The van der Waals surface area contributed by atoms with E-state index in [1.807, 2.05) is 4.90 Å². The molecular formula is C30H55F2N9O2. The number of halogens is 2. The first kappa shape index (κ1) is 32.9. The highest BCUT2D eigenvalue weighted by atomic mass is 19.1. The highest BCUT2D eigenvalue weighted by Crippen LogP contribution is 2.31. The molecule has 1 saturated carbocycles. The molecule has 2 amide bonds. The first-order valence-corrected chi connectivity index (χ1v) is 16.7. The summed E-state index contributed by atoms with van der Waals surface area (Å²) in [6.45, 7) is 8.13. The number of hydrogen-bond donors (Lipinski definition) is 6. The molecule has 0 aromatic heterocycles. The number of nitrogens with one attached hydrogen (secondary N) is 4. The number of carbonyl (C=O) groups excluding carboxylic acids is 2. The molecule has 11 nitrogen and oxygen atoms in total. The fourth-order valence-corrected chi connectivity index (χ4v) is 8.33. The van der Waals surface area contributed by atoms with Crippen molar-refractivity contribution >= 4 is 11.8 Å². The van der Waals surface area contributed by atoms with Gasteiger partial charge in [0.05, 0.1) is 36.4 Å². The Kier molecular flexibility index (Phi) is 11.3. The van der Waals surface area contributed by atoms with Crippen LogP contribution >= 0.6 is 0 Å². The van der Waals surface area contributed by atoms with Gasteiger partial charge in [0.15, 0.2) is 0 Å². The van der Waals surface area contributed by atoms with Gasteiger partial charge in [0.1, 0.15) is 12.3 Å². The Morgan fingerprint density at radius 2 is 1.60 bits per heavy atom. The lowest BCUT2D eigenvalue weighted by Gasteiger charge is -2.47. The summed E-state index contributed by atoms with van der Waals surface area (Å²) in [5.74, 6) is -0.830. The van der Waals surface area contributed by atoms with Gasteiger partial charge in [0.2, 0.25) is 11.8 Å². The third-order valence-corrected chi connectivity index (χ3v) is 10.6. The smallest absolute Gasteiger partial charge is 0.240 e. The molecule has 43 heavy (non-hydrogen) atoms. The average molecular weight is 612 g/mol. The minimum Gasteiger partial charge on any atom is -0.350 e. The minimum atomic E-state index is -1.19. The minimum absolute atomic E-state index is 0.0730. The second-order valence-corrected chi connectivity index (χ2v) is 13.7. The van der Waals surface area contributed by atoms with Crippen molar-refractivity contribution in [3.63, 3.8) is 0 Å². The molecule has 1 aliphatic carbocycles. The standard InChI is InChI=1S/C30H55F2N9O2/c1-18(2)41-10-6-9-23(41)30(43)40-13-11-39(12-14-40)26-21(32)15-35-17-22(26)37-29(42)24(27(33)34)28-36-16-20(31)25(38-28)19-7-4-3-5-8-19/h18-28,35-36,38H,3-17,33-34H2,1-2H3,(H,37,42). The third kappa shape index (κ3) is 7.50. The molecule has 8 atom stereocenters. The van der Waals surface area contributed by atoms with Crippen molar-refractivity contribution in [2.45, 2.75) is 114 Å². The van der Waals surface area contributed by atoms with Gasteiger partial charge in [-0.2, -0.15) is 0 Å². The van der Waals surface area contributed by atoms with Crippen LogP contribution in [0.3, 0.4) is 0 Å². The summed E-state index contributed by atoms with van der Waals surface area (Å²) >= 11 is 0. The lowest BCUT2D eigenvalue weighted by Crippen LogP contribution is -2.72. The highest BCUT2D eigenvalue weighted by molar-refractivity contribution is 5.82. The number of nitrogens with two attached hydrogens (primary N) is 2. The molecule has 0 bridgehead atoms. The van der Waals surface area contributed by atoms with Gasteiger partial charge >= 0.3 is 0 Å². The number of likely N-dealkylation sites (tertiary alicyclic amines) is 1. The van der Waals surface area contributed by atoms with E-state index in [4.69, 9.17) is 11.5 Å². The number of amides is 2. The fourth-order valence-electron chi connectivity index (χ4n) is 8.33. The maximum atomic E-state index is 15.5. The van der Waals surface area contributed by atoms with Gasteiger partial charge < -0.3 is 27.0 Å². The Morgan fingerprint density at radius 1 is 0.884 bits per heavy atom. The van der Waals surface area contributed by atoms with E-state index in [1.165, 1.54) is 6.42 Å². The molecular weight excluding hydrogens is 556 g/mol. The van der Waals surface area contributed by atoms with E-state index in [1.54, 1.807) is 0 Å². The van der Waals surface area contributed by atoms with Gasteiger partial charge in [-0.05, 0) is 52.0 Å². The predicted octanol–water partition coefficient (Wildman–Crippen LogP) is -0.536. The van der Waals surface area contributed by atoms with Crippen LogP contribution in [0.1, 0.15) is 58.8 Å². The van der Waals surface area contributed by atoms with Crippen LogP contribution in [0.4, 0.5) is 8.78 Å². The van der Waals surface area contributed by atoms with Crippen LogP contribution in [0.25, 0.3) is 0 Å². The molecule has 5 rings (SSSR count). The molecule has 246 valence electrons. The largest absolute Gasteiger partial charge is 0.350 e. The topological polar surface area (TPSA) is 144 Å². The Labute approximate surface area is 255 Å². The molecule has 4 aliphatic heterocycles. The van der Waals surface area contributed by atoms with Crippen molar-refractivity contribution < 1.29 is 18.4 Å². The van der Waals surface area contributed by atoms with Crippen molar-refractivity contribution in [1.29, 1.82) is 0 Å². The zero-order valence-corrected chi connectivity index (χ0v) is 26.0. The molecule has 4 saturated heterocycles. The van der Waals surface area contributed by atoms with E-state index in [0.29, 0.717) is 38.8 Å². The number of hydrogen-bond acceptors (Lipinski definition) is 9. The highest BCUT2D eigenvalue weighted by Gasteiger charge is 2.45. The van der Waals surface area contributed by atoms with Gasteiger partial charge in [0.25, 0.3) is 0 Å². The number of piperidine rings is 1. The molecule has 5 fully saturated rings. The maximum absolute atomic E-state index is 15.5. The number of nitrogens with zero attached hydrogens (tertiary/aromatic N) is 3. The molecule has 13 heteroatoms. The van der Waals surface area contributed by atoms with Crippen LogP contribution in [0.15, 0.2) is 0 Å². The van der Waals surface area contributed by atoms with Gasteiger partial charge in [-0.1, -0.05) is 19.3 Å². The molecule has 4 heterocycles. The van der Waals surface area contributed by atoms with Crippen LogP contribution < -0.4 is 32.7 Å². The van der Waals surface area contributed by atoms with E-state index in [-0.39, 0.29) is 42.9 Å². The van der Waals surface area contributed by atoms with Gasteiger partial charge in [-0.3, -0.25) is 30.0 Å².